The van der Waals surface area contributed by atoms with Gasteiger partial charge in [0.25, 0.3) is 0 Å². The van der Waals surface area contributed by atoms with Crippen LogP contribution in [0.1, 0.15) is 11.8 Å². The molecule has 0 saturated heterocycles. The van der Waals surface area contributed by atoms with Crippen molar-refractivity contribution in [1.82, 2.24) is 0 Å². The largest absolute Gasteiger partial charge is 0.380 e. The molecule has 5 heteroatoms. The number of hydrogen-bond donors (Lipinski definition) is 2. The van der Waals surface area contributed by atoms with Gasteiger partial charge in [0.1, 0.15) is 0 Å². The van der Waals surface area contributed by atoms with Gasteiger partial charge in [-0.2, -0.15) is 0 Å². The fourth-order valence-corrected chi connectivity index (χ4v) is 2.56. The van der Waals surface area contributed by atoms with Gasteiger partial charge in [-0.05, 0) is 24.3 Å². The second kappa shape index (κ2) is 5.89. The summed E-state index contributed by atoms with van der Waals surface area (Å²) >= 11 is 7.48. The van der Waals surface area contributed by atoms with Crippen molar-refractivity contribution in [2.24, 2.45) is 0 Å². The number of carbonyl (C=O) groups excluding carboxylic acids is 1. The zero-order valence-electron chi connectivity index (χ0n) is 9.87. The van der Waals surface area contributed by atoms with E-state index >= 15 is 0 Å². The maximum Gasteiger partial charge on any atom is 0.221 e. The van der Waals surface area contributed by atoms with Crippen molar-refractivity contribution in [2.45, 2.75) is 13.5 Å². The molecule has 0 saturated carbocycles. The summed E-state index contributed by atoms with van der Waals surface area (Å²) < 4.78 is 0. The molecule has 0 aliphatic rings. The van der Waals surface area contributed by atoms with E-state index in [2.05, 4.69) is 10.6 Å². The van der Waals surface area contributed by atoms with E-state index in [-0.39, 0.29) is 5.91 Å². The van der Waals surface area contributed by atoms with E-state index in [9.17, 15) is 4.79 Å². The first-order chi connectivity index (χ1) is 8.63. The van der Waals surface area contributed by atoms with Gasteiger partial charge in [-0.15, -0.1) is 11.3 Å². The number of rotatable bonds is 4. The lowest BCUT2D eigenvalue weighted by atomic mass is 10.2. The Balaban J connectivity index is 1.98. The maximum atomic E-state index is 11.0. The highest BCUT2D eigenvalue weighted by molar-refractivity contribution is 7.10. The smallest absolute Gasteiger partial charge is 0.221 e. The summed E-state index contributed by atoms with van der Waals surface area (Å²) in [7, 11) is 0. The summed E-state index contributed by atoms with van der Waals surface area (Å²) in [5.41, 5.74) is 1.75. The van der Waals surface area contributed by atoms with E-state index in [0.717, 1.165) is 22.9 Å². The van der Waals surface area contributed by atoms with Crippen molar-refractivity contribution < 1.29 is 4.79 Å². The summed E-state index contributed by atoms with van der Waals surface area (Å²) in [6.45, 7) is 2.22. The quantitative estimate of drug-likeness (QED) is 0.890. The zero-order valence-corrected chi connectivity index (χ0v) is 11.4. The monoisotopic (exact) mass is 280 g/mol. The van der Waals surface area contributed by atoms with Gasteiger partial charge in [-0.25, -0.2) is 0 Å². The summed E-state index contributed by atoms with van der Waals surface area (Å²) in [6.07, 6.45) is 0. The normalized spacial score (nSPS) is 10.1. The average molecular weight is 281 g/mol. The Morgan fingerprint density at radius 3 is 2.78 bits per heavy atom. The summed E-state index contributed by atoms with van der Waals surface area (Å²) in [5, 5.41) is 8.71. The first-order valence-electron chi connectivity index (χ1n) is 5.48. The highest BCUT2D eigenvalue weighted by Crippen LogP contribution is 2.21. The standard InChI is InChI=1S/C13H13ClN2OS/c1-9(17)16-12-4-2-3-11(6-12)15-7-13-5-10(14)8-18-13/h2-6,8,15H,7H2,1H3,(H,16,17). The minimum atomic E-state index is -0.0720. The number of nitrogens with one attached hydrogen (secondary N) is 2. The Hall–Kier alpha value is -1.52. The SMILES string of the molecule is CC(=O)Nc1cccc(NCc2cc(Cl)cs2)c1. The van der Waals surface area contributed by atoms with Crippen molar-refractivity contribution in [3.63, 3.8) is 0 Å². The first kappa shape index (κ1) is 12.9. The van der Waals surface area contributed by atoms with Crippen molar-refractivity contribution in [2.75, 3.05) is 10.6 Å². The lowest BCUT2D eigenvalue weighted by Gasteiger charge is -2.07. The second-order valence-electron chi connectivity index (χ2n) is 3.85. The Bertz CT molecular complexity index is 553. The summed E-state index contributed by atoms with van der Waals surface area (Å²) in [4.78, 5) is 12.1. The van der Waals surface area contributed by atoms with Gasteiger partial charge in [-0.1, -0.05) is 17.7 Å². The Kier molecular flexibility index (Phi) is 4.23. The van der Waals surface area contributed by atoms with Crippen LogP contribution in [-0.2, 0) is 11.3 Å². The third-order valence-electron chi connectivity index (χ3n) is 2.27. The highest BCUT2D eigenvalue weighted by atomic mass is 35.5. The fourth-order valence-electron chi connectivity index (χ4n) is 1.55. The molecule has 1 aromatic heterocycles. The molecule has 0 bridgehead atoms. The Morgan fingerprint density at radius 2 is 2.11 bits per heavy atom. The molecule has 0 aliphatic carbocycles. The predicted octanol–water partition coefficient (Wildman–Crippen LogP) is 3.97. The van der Waals surface area contributed by atoms with Gasteiger partial charge in [0.05, 0.1) is 5.02 Å². The number of thiophene rings is 1. The molecular formula is C13H13ClN2OS. The minimum Gasteiger partial charge on any atom is -0.380 e. The van der Waals surface area contributed by atoms with Crippen LogP contribution in [0.25, 0.3) is 0 Å². The number of anilines is 2. The Labute approximate surface area is 115 Å². The van der Waals surface area contributed by atoms with E-state index in [0.29, 0.717) is 0 Å². The third-order valence-corrected chi connectivity index (χ3v) is 3.56. The zero-order chi connectivity index (χ0) is 13.0. The van der Waals surface area contributed by atoms with Crippen LogP contribution in [0.5, 0.6) is 0 Å². The molecule has 1 amide bonds. The molecule has 0 unspecified atom stereocenters. The van der Waals surface area contributed by atoms with Gasteiger partial charge in [0, 0.05) is 35.1 Å². The molecule has 18 heavy (non-hydrogen) atoms. The topological polar surface area (TPSA) is 41.1 Å². The maximum absolute atomic E-state index is 11.0. The van der Waals surface area contributed by atoms with Crippen LogP contribution >= 0.6 is 22.9 Å². The molecule has 0 radical (unpaired) electrons. The van der Waals surface area contributed by atoms with Gasteiger partial charge in [0.15, 0.2) is 0 Å². The predicted molar refractivity (Wildman–Crippen MR) is 77.4 cm³/mol. The van der Waals surface area contributed by atoms with Crippen molar-refractivity contribution in [3.8, 4) is 0 Å². The summed E-state index contributed by atoms with van der Waals surface area (Å²) in [5.74, 6) is -0.0720. The number of carbonyl (C=O) groups is 1. The lowest BCUT2D eigenvalue weighted by molar-refractivity contribution is -0.114. The molecule has 0 spiro atoms. The molecule has 2 rings (SSSR count). The number of amides is 1. The van der Waals surface area contributed by atoms with Crippen LogP contribution in [0.2, 0.25) is 5.02 Å². The number of halogens is 1. The van der Waals surface area contributed by atoms with E-state index in [1.54, 1.807) is 11.3 Å². The van der Waals surface area contributed by atoms with E-state index in [1.165, 1.54) is 11.8 Å². The number of hydrogen-bond acceptors (Lipinski definition) is 3. The van der Waals surface area contributed by atoms with E-state index in [4.69, 9.17) is 11.6 Å². The van der Waals surface area contributed by atoms with Gasteiger partial charge in [0.2, 0.25) is 5.91 Å². The van der Waals surface area contributed by atoms with Crippen LogP contribution in [0.4, 0.5) is 11.4 Å². The fraction of sp³-hybridized carbons (Fsp3) is 0.154. The van der Waals surface area contributed by atoms with Crippen molar-refractivity contribution in [1.29, 1.82) is 0 Å². The minimum absolute atomic E-state index is 0.0720. The van der Waals surface area contributed by atoms with Crippen LogP contribution in [0, 0.1) is 0 Å². The van der Waals surface area contributed by atoms with E-state index in [1.807, 2.05) is 35.7 Å². The molecule has 0 fully saturated rings. The average Bonchev–Trinajstić information content (AvgIpc) is 2.72. The van der Waals surface area contributed by atoms with E-state index < -0.39 is 0 Å². The molecular weight excluding hydrogens is 268 g/mol. The lowest BCUT2D eigenvalue weighted by Crippen LogP contribution is -2.06. The molecule has 2 N–H and O–H groups in total. The third kappa shape index (κ3) is 3.75. The molecule has 2 aromatic rings. The highest BCUT2D eigenvalue weighted by Gasteiger charge is 2.00. The van der Waals surface area contributed by atoms with Crippen molar-refractivity contribution in [3.05, 3.63) is 45.6 Å². The molecule has 1 aromatic carbocycles. The Morgan fingerprint density at radius 1 is 1.33 bits per heavy atom. The van der Waals surface area contributed by atoms with Gasteiger partial charge in [-0.3, -0.25) is 4.79 Å². The molecule has 94 valence electrons. The summed E-state index contributed by atoms with van der Waals surface area (Å²) in [6, 6.07) is 9.55. The van der Waals surface area contributed by atoms with Gasteiger partial charge >= 0.3 is 0 Å². The van der Waals surface area contributed by atoms with Crippen LogP contribution in [0.3, 0.4) is 0 Å². The number of benzene rings is 1. The van der Waals surface area contributed by atoms with Crippen molar-refractivity contribution >= 4 is 40.2 Å². The van der Waals surface area contributed by atoms with Crippen LogP contribution < -0.4 is 10.6 Å². The van der Waals surface area contributed by atoms with Crippen LogP contribution in [0.15, 0.2) is 35.7 Å². The first-order valence-corrected chi connectivity index (χ1v) is 6.74. The molecule has 0 aliphatic heterocycles. The molecule has 0 atom stereocenters. The molecule has 1 heterocycles. The van der Waals surface area contributed by atoms with Gasteiger partial charge < -0.3 is 10.6 Å². The second-order valence-corrected chi connectivity index (χ2v) is 5.28. The van der Waals surface area contributed by atoms with Crippen LogP contribution in [-0.4, -0.2) is 5.91 Å². The molecule has 3 nitrogen and oxygen atoms in total.